The first-order valence-electron chi connectivity index (χ1n) is 7.43. The van der Waals surface area contributed by atoms with E-state index in [4.69, 9.17) is 0 Å². The number of hydrogen-bond donors (Lipinski definition) is 2. The molecular weight excluding hydrogens is 269 g/mol. The van der Waals surface area contributed by atoms with Gasteiger partial charge < -0.3 is 10.6 Å². The average molecular weight is 293 g/mol. The molecule has 1 fully saturated rings. The van der Waals surface area contributed by atoms with Crippen LogP contribution in [0.4, 0.5) is 4.39 Å². The van der Waals surface area contributed by atoms with Gasteiger partial charge in [0.25, 0.3) is 0 Å². The molecule has 0 saturated carbocycles. The smallest absolute Gasteiger partial charge is 0.240 e. The summed E-state index contributed by atoms with van der Waals surface area (Å²) in [5.41, 5.74) is 0.358. The lowest BCUT2D eigenvalue weighted by Gasteiger charge is -2.40. The van der Waals surface area contributed by atoms with Crippen LogP contribution in [0.2, 0.25) is 0 Å². The maximum Gasteiger partial charge on any atom is 0.240 e. The van der Waals surface area contributed by atoms with E-state index in [9.17, 15) is 9.18 Å². The molecule has 5 heteroatoms. The molecule has 1 aromatic carbocycles. The van der Waals surface area contributed by atoms with Crippen molar-refractivity contribution < 1.29 is 9.18 Å². The van der Waals surface area contributed by atoms with E-state index in [2.05, 4.69) is 15.5 Å². The number of benzene rings is 1. The van der Waals surface area contributed by atoms with Crippen LogP contribution in [0, 0.1) is 5.82 Å². The molecule has 21 heavy (non-hydrogen) atoms. The summed E-state index contributed by atoms with van der Waals surface area (Å²) >= 11 is 0. The van der Waals surface area contributed by atoms with Crippen molar-refractivity contribution >= 4 is 5.91 Å². The number of nitrogens with zero attached hydrogens (tertiary/aromatic N) is 1. The highest BCUT2D eigenvalue weighted by molar-refractivity contribution is 5.85. The zero-order valence-electron chi connectivity index (χ0n) is 12.9. The summed E-state index contributed by atoms with van der Waals surface area (Å²) in [4.78, 5) is 14.8. The van der Waals surface area contributed by atoms with Crippen LogP contribution in [0.5, 0.6) is 0 Å². The van der Waals surface area contributed by atoms with Gasteiger partial charge in [-0.15, -0.1) is 0 Å². The first-order chi connectivity index (χ1) is 9.91. The predicted octanol–water partition coefficient (Wildman–Crippen LogP) is 1.69. The van der Waals surface area contributed by atoms with Crippen LogP contribution in [-0.2, 0) is 4.79 Å². The Bertz CT molecular complexity index is 481. The van der Waals surface area contributed by atoms with Crippen LogP contribution in [0.3, 0.4) is 0 Å². The van der Waals surface area contributed by atoms with Gasteiger partial charge in [0.05, 0.1) is 11.6 Å². The quantitative estimate of drug-likeness (QED) is 0.888. The van der Waals surface area contributed by atoms with Gasteiger partial charge in [-0.2, -0.15) is 0 Å². The maximum atomic E-state index is 12.9. The van der Waals surface area contributed by atoms with Crippen molar-refractivity contribution in [3.05, 3.63) is 35.6 Å². The second-order valence-corrected chi connectivity index (χ2v) is 6.04. The summed E-state index contributed by atoms with van der Waals surface area (Å²) in [6, 6.07) is 6.11. The summed E-state index contributed by atoms with van der Waals surface area (Å²) in [5, 5.41) is 6.32. The van der Waals surface area contributed by atoms with E-state index < -0.39 is 5.54 Å². The molecule has 4 nitrogen and oxygen atoms in total. The molecule has 0 unspecified atom stereocenters. The van der Waals surface area contributed by atoms with E-state index in [1.54, 1.807) is 12.1 Å². The fraction of sp³-hybridized carbons (Fsp3) is 0.562. The van der Waals surface area contributed by atoms with E-state index in [0.29, 0.717) is 0 Å². The van der Waals surface area contributed by atoms with Crippen molar-refractivity contribution in [3.8, 4) is 0 Å². The summed E-state index contributed by atoms with van der Waals surface area (Å²) < 4.78 is 12.9. The largest absolute Gasteiger partial charge is 0.348 e. The molecule has 0 aliphatic carbocycles. The molecule has 0 radical (unpaired) electrons. The minimum absolute atomic E-state index is 0.00113. The molecule has 2 rings (SSSR count). The Morgan fingerprint density at radius 2 is 1.86 bits per heavy atom. The van der Waals surface area contributed by atoms with Gasteiger partial charge in [-0.3, -0.25) is 9.69 Å². The van der Waals surface area contributed by atoms with Gasteiger partial charge in [0.1, 0.15) is 5.82 Å². The van der Waals surface area contributed by atoms with Gasteiger partial charge >= 0.3 is 0 Å². The first-order valence-corrected chi connectivity index (χ1v) is 7.43. The summed E-state index contributed by atoms with van der Waals surface area (Å²) in [6.45, 7) is 9.36. The molecule has 0 spiro atoms. The van der Waals surface area contributed by atoms with Gasteiger partial charge in [0.15, 0.2) is 0 Å². The summed E-state index contributed by atoms with van der Waals surface area (Å²) in [7, 11) is 0. The van der Waals surface area contributed by atoms with Crippen LogP contribution in [-0.4, -0.2) is 42.5 Å². The van der Waals surface area contributed by atoms with E-state index >= 15 is 0 Å². The monoisotopic (exact) mass is 293 g/mol. The number of amides is 1. The van der Waals surface area contributed by atoms with Crippen molar-refractivity contribution in [2.75, 3.05) is 26.2 Å². The van der Waals surface area contributed by atoms with Crippen molar-refractivity contribution in [1.29, 1.82) is 0 Å². The van der Waals surface area contributed by atoms with E-state index in [0.717, 1.165) is 31.7 Å². The lowest BCUT2D eigenvalue weighted by Crippen LogP contribution is -2.60. The van der Waals surface area contributed by atoms with Gasteiger partial charge in [0.2, 0.25) is 5.91 Å². The topological polar surface area (TPSA) is 44.4 Å². The third-order valence-corrected chi connectivity index (χ3v) is 4.18. The van der Waals surface area contributed by atoms with Crippen molar-refractivity contribution in [2.24, 2.45) is 0 Å². The van der Waals surface area contributed by atoms with Crippen molar-refractivity contribution in [3.63, 3.8) is 0 Å². The lowest BCUT2D eigenvalue weighted by atomic mass is 9.99. The molecule has 1 aliphatic heterocycles. The Balaban J connectivity index is 2.00. The Morgan fingerprint density at radius 3 is 2.43 bits per heavy atom. The van der Waals surface area contributed by atoms with Crippen LogP contribution >= 0.6 is 0 Å². The van der Waals surface area contributed by atoms with Gasteiger partial charge in [-0.1, -0.05) is 12.1 Å². The minimum atomic E-state index is -0.545. The number of hydrogen-bond acceptors (Lipinski definition) is 3. The Morgan fingerprint density at radius 1 is 1.29 bits per heavy atom. The molecule has 116 valence electrons. The van der Waals surface area contributed by atoms with E-state index in [1.165, 1.54) is 12.1 Å². The molecule has 1 saturated heterocycles. The molecular formula is C16H24FN3O. The lowest BCUT2D eigenvalue weighted by molar-refractivity contribution is -0.132. The average Bonchev–Trinajstić information content (AvgIpc) is 2.48. The number of carbonyl (C=O) groups is 1. The normalized spacial score (nSPS) is 18.3. The number of rotatable bonds is 4. The first kappa shape index (κ1) is 15.9. The second-order valence-electron chi connectivity index (χ2n) is 6.04. The molecule has 1 aromatic rings. The van der Waals surface area contributed by atoms with Gasteiger partial charge in [-0.05, 0) is 38.5 Å². The third kappa shape index (κ3) is 3.80. The number of halogens is 1. The van der Waals surface area contributed by atoms with Gasteiger partial charge in [-0.25, -0.2) is 4.39 Å². The molecule has 1 atom stereocenters. The molecule has 2 N–H and O–H groups in total. The van der Waals surface area contributed by atoms with Crippen LogP contribution in [0.15, 0.2) is 24.3 Å². The SMILES string of the molecule is C[C@@H](NC(=O)C(C)(C)N1CCNCC1)c1ccc(F)cc1. The zero-order chi connectivity index (χ0) is 15.5. The molecule has 0 aromatic heterocycles. The number of nitrogens with one attached hydrogen (secondary N) is 2. The number of piperazine rings is 1. The van der Waals surface area contributed by atoms with Crippen LogP contribution < -0.4 is 10.6 Å². The summed E-state index contributed by atoms with van der Waals surface area (Å²) in [6.07, 6.45) is 0. The highest BCUT2D eigenvalue weighted by atomic mass is 19.1. The molecule has 1 amide bonds. The Hall–Kier alpha value is -1.46. The Labute approximate surface area is 125 Å². The van der Waals surface area contributed by atoms with Crippen LogP contribution in [0.25, 0.3) is 0 Å². The fourth-order valence-corrected chi connectivity index (χ4v) is 2.58. The van der Waals surface area contributed by atoms with Crippen molar-refractivity contribution in [1.82, 2.24) is 15.5 Å². The van der Waals surface area contributed by atoms with E-state index in [-0.39, 0.29) is 17.8 Å². The van der Waals surface area contributed by atoms with E-state index in [1.807, 2.05) is 20.8 Å². The molecule has 0 bridgehead atoms. The minimum Gasteiger partial charge on any atom is -0.348 e. The van der Waals surface area contributed by atoms with Crippen molar-refractivity contribution in [2.45, 2.75) is 32.4 Å². The highest BCUT2D eigenvalue weighted by Gasteiger charge is 2.35. The standard InChI is InChI=1S/C16H24FN3O/c1-12(13-4-6-14(17)7-5-13)19-15(21)16(2,3)20-10-8-18-9-11-20/h4-7,12,18H,8-11H2,1-3H3,(H,19,21)/t12-/m1/s1. The van der Waals surface area contributed by atoms with Gasteiger partial charge in [0, 0.05) is 26.2 Å². The zero-order valence-corrected chi connectivity index (χ0v) is 12.9. The molecule has 1 heterocycles. The third-order valence-electron chi connectivity index (χ3n) is 4.18. The highest BCUT2D eigenvalue weighted by Crippen LogP contribution is 2.19. The fourth-order valence-electron chi connectivity index (χ4n) is 2.58. The molecule has 1 aliphatic rings. The number of carbonyl (C=O) groups excluding carboxylic acids is 1. The predicted molar refractivity (Wildman–Crippen MR) is 81.5 cm³/mol. The van der Waals surface area contributed by atoms with Crippen LogP contribution in [0.1, 0.15) is 32.4 Å². The Kier molecular flexibility index (Phi) is 4.96. The summed E-state index contributed by atoms with van der Waals surface area (Å²) in [5.74, 6) is -0.264. The second kappa shape index (κ2) is 6.54. The maximum absolute atomic E-state index is 12.9.